The Balaban J connectivity index is 2.87. The molecule has 0 aliphatic heterocycles. The van der Waals surface area contributed by atoms with Gasteiger partial charge in [-0.1, -0.05) is 19.4 Å². The topological polar surface area (TPSA) is 49.3 Å². The summed E-state index contributed by atoms with van der Waals surface area (Å²) in [5.74, 6) is -1.07. The van der Waals surface area contributed by atoms with Gasteiger partial charge in [-0.2, -0.15) is 13.2 Å². The summed E-state index contributed by atoms with van der Waals surface area (Å²) in [7, 11) is 0. The summed E-state index contributed by atoms with van der Waals surface area (Å²) < 4.78 is 37.4. The maximum atomic E-state index is 12.5. The minimum absolute atomic E-state index is 0.158. The van der Waals surface area contributed by atoms with E-state index in [1.165, 1.54) is 12.1 Å². The predicted octanol–water partition coefficient (Wildman–Crippen LogP) is 3.37. The third-order valence-electron chi connectivity index (χ3n) is 2.41. The highest BCUT2D eigenvalue weighted by Gasteiger charge is 2.30. The van der Waals surface area contributed by atoms with Gasteiger partial charge in [0.1, 0.15) is 6.04 Å². The summed E-state index contributed by atoms with van der Waals surface area (Å²) in [6, 6.07) is 3.64. The monoisotopic (exact) mass is 261 g/mol. The van der Waals surface area contributed by atoms with Crippen LogP contribution in [0.4, 0.5) is 18.9 Å². The number of alkyl halides is 3. The van der Waals surface area contributed by atoms with E-state index in [1.807, 2.05) is 6.92 Å². The average molecular weight is 261 g/mol. The van der Waals surface area contributed by atoms with Crippen molar-refractivity contribution in [3.63, 3.8) is 0 Å². The van der Waals surface area contributed by atoms with E-state index in [0.29, 0.717) is 12.8 Å². The van der Waals surface area contributed by atoms with Gasteiger partial charge in [-0.15, -0.1) is 0 Å². The summed E-state index contributed by atoms with van der Waals surface area (Å²) in [4.78, 5) is 10.9. The van der Waals surface area contributed by atoms with Crippen molar-refractivity contribution in [2.45, 2.75) is 32.0 Å². The van der Waals surface area contributed by atoms with Gasteiger partial charge >= 0.3 is 12.1 Å². The first-order valence-corrected chi connectivity index (χ1v) is 5.51. The molecule has 0 aliphatic rings. The van der Waals surface area contributed by atoms with Crippen LogP contribution in [-0.4, -0.2) is 17.1 Å². The first-order valence-electron chi connectivity index (χ1n) is 5.51. The molecule has 1 rings (SSSR count). The van der Waals surface area contributed by atoms with Gasteiger partial charge in [0.15, 0.2) is 0 Å². The van der Waals surface area contributed by atoms with Gasteiger partial charge in [-0.05, 0) is 24.6 Å². The van der Waals surface area contributed by atoms with Crippen LogP contribution in [0.5, 0.6) is 0 Å². The summed E-state index contributed by atoms with van der Waals surface area (Å²) >= 11 is 0. The molecule has 0 aromatic heterocycles. The van der Waals surface area contributed by atoms with Crippen molar-refractivity contribution in [3.8, 4) is 0 Å². The zero-order chi connectivity index (χ0) is 13.8. The van der Waals surface area contributed by atoms with Crippen molar-refractivity contribution < 1.29 is 23.1 Å². The fourth-order valence-corrected chi connectivity index (χ4v) is 1.53. The lowest BCUT2D eigenvalue weighted by atomic mass is 10.1. The number of benzene rings is 1. The molecule has 18 heavy (non-hydrogen) atoms. The molecule has 0 saturated carbocycles. The first-order chi connectivity index (χ1) is 8.34. The Kier molecular flexibility index (Phi) is 4.58. The van der Waals surface area contributed by atoms with Crippen molar-refractivity contribution in [1.82, 2.24) is 0 Å². The van der Waals surface area contributed by atoms with Crippen LogP contribution in [0.25, 0.3) is 0 Å². The number of carboxylic acid groups (broad SMARTS) is 1. The van der Waals surface area contributed by atoms with E-state index in [4.69, 9.17) is 5.11 Å². The van der Waals surface area contributed by atoms with Gasteiger partial charge < -0.3 is 10.4 Å². The molecule has 0 aliphatic carbocycles. The second kappa shape index (κ2) is 5.75. The van der Waals surface area contributed by atoms with Crippen molar-refractivity contribution in [2.75, 3.05) is 5.32 Å². The zero-order valence-corrected chi connectivity index (χ0v) is 9.79. The first kappa shape index (κ1) is 14.3. The summed E-state index contributed by atoms with van der Waals surface area (Å²) in [5, 5.41) is 11.5. The van der Waals surface area contributed by atoms with Crippen LogP contribution in [-0.2, 0) is 11.0 Å². The molecule has 100 valence electrons. The second-order valence-corrected chi connectivity index (χ2v) is 3.90. The number of aliphatic carboxylic acids is 1. The van der Waals surface area contributed by atoms with Crippen molar-refractivity contribution in [2.24, 2.45) is 0 Å². The molecule has 1 atom stereocenters. The molecule has 0 spiro atoms. The Morgan fingerprint density at radius 1 is 1.44 bits per heavy atom. The van der Waals surface area contributed by atoms with Gasteiger partial charge in [0.2, 0.25) is 0 Å². The molecule has 0 unspecified atom stereocenters. The standard InChI is InChI=1S/C12H14F3NO2/c1-2-4-10(11(17)18)16-9-6-3-5-8(7-9)12(13,14)15/h3,5-7,10,16H,2,4H2,1H3,(H,17,18)/t10-/m1/s1. The Morgan fingerprint density at radius 2 is 2.11 bits per heavy atom. The minimum atomic E-state index is -4.43. The Hall–Kier alpha value is -1.72. The van der Waals surface area contributed by atoms with Crippen molar-refractivity contribution in [3.05, 3.63) is 29.8 Å². The molecule has 0 fully saturated rings. The van der Waals surface area contributed by atoms with Gasteiger partial charge in [0, 0.05) is 5.69 Å². The summed E-state index contributed by atoms with van der Waals surface area (Å²) in [5.41, 5.74) is -0.640. The van der Waals surface area contributed by atoms with Crippen LogP contribution in [0.3, 0.4) is 0 Å². The fourth-order valence-electron chi connectivity index (χ4n) is 1.53. The number of carboxylic acids is 1. The lowest BCUT2D eigenvalue weighted by molar-refractivity contribution is -0.138. The minimum Gasteiger partial charge on any atom is -0.480 e. The molecule has 3 nitrogen and oxygen atoms in total. The maximum absolute atomic E-state index is 12.5. The zero-order valence-electron chi connectivity index (χ0n) is 9.79. The van der Waals surface area contributed by atoms with E-state index < -0.39 is 23.8 Å². The maximum Gasteiger partial charge on any atom is 0.416 e. The molecular formula is C12H14F3NO2. The quantitative estimate of drug-likeness (QED) is 0.854. The van der Waals surface area contributed by atoms with E-state index in [2.05, 4.69) is 5.32 Å². The number of carbonyl (C=O) groups is 1. The average Bonchev–Trinajstić information content (AvgIpc) is 2.27. The van der Waals surface area contributed by atoms with Crippen LogP contribution in [0.2, 0.25) is 0 Å². The highest BCUT2D eigenvalue weighted by atomic mass is 19.4. The molecule has 0 radical (unpaired) electrons. The third-order valence-corrected chi connectivity index (χ3v) is 2.41. The number of halogens is 3. The number of hydrogen-bond donors (Lipinski definition) is 2. The molecule has 0 heterocycles. The molecule has 1 aromatic rings. The molecule has 0 saturated heterocycles. The summed E-state index contributed by atoms with van der Waals surface area (Å²) in [6.07, 6.45) is -3.45. The highest BCUT2D eigenvalue weighted by molar-refractivity contribution is 5.77. The van der Waals surface area contributed by atoms with E-state index in [1.54, 1.807) is 0 Å². The van der Waals surface area contributed by atoms with Gasteiger partial charge in [0.25, 0.3) is 0 Å². The molecule has 0 amide bonds. The molecule has 1 aromatic carbocycles. The van der Waals surface area contributed by atoms with Crippen molar-refractivity contribution in [1.29, 1.82) is 0 Å². The van der Waals surface area contributed by atoms with Crippen LogP contribution in [0, 0.1) is 0 Å². The molecule has 0 bridgehead atoms. The molecule has 2 N–H and O–H groups in total. The van der Waals surface area contributed by atoms with Crippen LogP contribution >= 0.6 is 0 Å². The lowest BCUT2D eigenvalue weighted by Gasteiger charge is -2.16. The predicted molar refractivity (Wildman–Crippen MR) is 61.4 cm³/mol. The number of nitrogens with one attached hydrogen (secondary N) is 1. The third kappa shape index (κ3) is 3.94. The van der Waals surface area contributed by atoms with Crippen molar-refractivity contribution >= 4 is 11.7 Å². The molecule has 6 heteroatoms. The van der Waals surface area contributed by atoms with Gasteiger partial charge in [-0.25, -0.2) is 4.79 Å². The van der Waals surface area contributed by atoms with E-state index in [-0.39, 0.29) is 5.69 Å². The second-order valence-electron chi connectivity index (χ2n) is 3.90. The van der Waals surface area contributed by atoms with Crippen LogP contribution in [0.15, 0.2) is 24.3 Å². The Labute approximate surface area is 103 Å². The summed E-state index contributed by atoms with van der Waals surface area (Å²) in [6.45, 7) is 1.81. The number of hydrogen-bond acceptors (Lipinski definition) is 2. The van der Waals surface area contributed by atoms with Gasteiger partial charge in [0.05, 0.1) is 5.56 Å². The SMILES string of the molecule is CCC[C@@H](Nc1cccc(C(F)(F)F)c1)C(=O)O. The van der Waals surface area contributed by atoms with Crippen LogP contribution in [0.1, 0.15) is 25.3 Å². The normalized spacial score (nSPS) is 13.1. The highest BCUT2D eigenvalue weighted by Crippen LogP contribution is 2.30. The van der Waals surface area contributed by atoms with Crippen LogP contribution < -0.4 is 5.32 Å². The fraction of sp³-hybridized carbons (Fsp3) is 0.417. The molecular weight excluding hydrogens is 247 g/mol. The largest absolute Gasteiger partial charge is 0.480 e. The van der Waals surface area contributed by atoms with E-state index in [0.717, 1.165) is 12.1 Å². The Bertz CT molecular complexity index is 418. The lowest BCUT2D eigenvalue weighted by Crippen LogP contribution is -2.29. The number of rotatable bonds is 5. The smallest absolute Gasteiger partial charge is 0.416 e. The number of anilines is 1. The van der Waals surface area contributed by atoms with E-state index >= 15 is 0 Å². The van der Waals surface area contributed by atoms with E-state index in [9.17, 15) is 18.0 Å². The Morgan fingerprint density at radius 3 is 2.61 bits per heavy atom. The van der Waals surface area contributed by atoms with Gasteiger partial charge in [-0.3, -0.25) is 0 Å².